The van der Waals surface area contributed by atoms with Crippen molar-refractivity contribution in [1.82, 2.24) is 4.90 Å². The van der Waals surface area contributed by atoms with Gasteiger partial charge in [-0.15, -0.1) is 0 Å². The summed E-state index contributed by atoms with van der Waals surface area (Å²) in [6.45, 7) is 7.11. The summed E-state index contributed by atoms with van der Waals surface area (Å²) in [5.74, 6) is 0.897. The van der Waals surface area contributed by atoms with Crippen LogP contribution < -0.4 is 10.5 Å². The molecular formula is C14H24N2O. The molecule has 0 radical (unpaired) electrons. The lowest BCUT2D eigenvalue weighted by Gasteiger charge is -2.30. The summed E-state index contributed by atoms with van der Waals surface area (Å²) in [6.07, 6.45) is 1.15. The molecular weight excluding hydrogens is 212 g/mol. The Bertz CT molecular complexity index is 328. The van der Waals surface area contributed by atoms with Crippen molar-refractivity contribution in [2.24, 2.45) is 5.73 Å². The van der Waals surface area contributed by atoms with Gasteiger partial charge in [0.25, 0.3) is 0 Å². The summed E-state index contributed by atoms with van der Waals surface area (Å²) in [7, 11) is 1.69. The van der Waals surface area contributed by atoms with Crippen molar-refractivity contribution in [2.75, 3.05) is 26.7 Å². The Labute approximate surface area is 105 Å². The van der Waals surface area contributed by atoms with E-state index in [4.69, 9.17) is 10.5 Å². The Morgan fingerprint density at radius 1 is 1.35 bits per heavy atom. The fourth-order valence-electron chi connectivity index (χ4n) is 2.17. The van der Waals surface area contributed by atoms with Gasteiger partial charge in [0.15, 0.2) is 0 Å². The second kappa shape index (κ2) is 7.30. The minimum absolute atomic E-state index is 0.287. The molecule has 1 aromatic carbocycles. The number of rotatable bonds is 7. The third kappa shape index (κ3) is 3.72. The molecule has 0 aliphatic heterocycles. The molecule has 0 bridgehead atoms. The minimum Gasteiger partial charge on any atom is -0.497 e. The van der Waals surface area contributed by atoms with Crippen LogP contribution in [0.2, 0.25) is 0 Å². The molecule has 3 heteroatoms. The van der Waals surface area contributed by atoms with E-state index in [1.165, 1.54) is 5.56 Å². The molecule has 0 saturated heterocycles. The molecule has 0 saturated carbocycles. The van der Waals surface area contributed by atoms with Gasteiger partial charge in [-0.25, -0.2) is 0 Å². The molecule has 1 aromatic rings. The summed E-state index contributed by atoms with van der Waals surface area (Å²) in [4.78, 5) is 2.41. The van der Waals surface area contributed by atoms with Crippen LogP contribution in [0.5, 0.6) is 5.75 Å². The van der Waals surface area contributed by atoms with Gasteiger partial charge < -0.3 is 10.5 Å². The number of nitrogens with two attached hydrogens (primary N) is 1. The molecule has 0 heterocycles. The summed E-state index contributed by atoms with van der Waals surface area (Å²) < 4.78 is 5.26. The van der Waals surface area contributed by atoms with Crippen molar-refractivity contribution in [3.63, 3.8) is 0 Å². The Balaban J connectivity index is 2.90. The average molecular weight is 236 g/mol. The number of nitrogens with zero attached hydrogens (tertiary/aromatic N) is 1. The maximum Gasteiger partial charge on any atom is 0.119 e. The summed E-state index contributed by atoms with van der Waals surface area (Å²) in [5, 5.41) is 0. The van der Waals surface area contributed by atoms with E-state index in [0.717, 1.165) is 25.3 Å². The summed E-state index contributed by atoms with van der Waals surface area (Å²) in [6, 6.07) is 8.48. The standard InChI is InChI=1S/C14H24N2O/c1-4-9-16(5-2)14(11-15)12-7-6-8-13(10-12)17-3/h6-8,10,14H,4-5,9,11,15H2,1-3H3. The molecule has 96 valence electrons. The molecule has 0 amide bonds. The molecule has 2 N–H and O–H groups in total. The van der Waals surface area contributed by atoms with Crippen molar-refractivity contribution < 1.29 is 4.74 Å². The molecule has 1 unspecified atom stereocenters. The maximum atomic E-state index is 5.92. The van der Waals surface area contributed by atoms with Crippen LogP contribution in [-0.2, 0) is 0 Å². The lowest BCUT2D eigenvalue weighted by molar-refractivity contribution is 0.212. The second-order valence-corrected chi connectivity index (χ2v) is 4.16. The van der Waals surface area contributed by atoms with Gasteiger partial charge in [0.2, 0.25) is 0 Å². The minimum atomic E-state index is 0.287. The second-order valence-electron chi connectivity index (χ2n) is 4.16. The molecule has 1 rings (SSSR count). The third-order valence-corrected chi connectivity index (χ3v) is 3.06. The first-order valence-corrected chi connectivity index (χ1v) is 6.34. The van der Waals surface area contributed by atoms with Crippen molar-refractivity contribution >= 4 is 0 Å². The van der Waals surface area contributed by atoms with E-state index in [1.54, 1.807) is 7.11 Å². The van der Waals surface area contributed by atoms with Gasteiger partial charge in [-0.2, -0.15) is 0 Å². The molecule has 17 heavy (non-hydrogen) atoms. The van der Waals surface area contributed by atoms with Crippen molar-refractivity contribution in [3.05, 3.63) is 29.8 Å². The number of benzene rings is 1. The fraction of sp³-hybridized carbons (Fsp3) is 0.571. The SMILES string of the molecule is CCCN(CC)C(CN)c1cccc(OC)c1. The van der Waals surface area contributed by atoms with Gasteiger partial charge in [-0.05, 0) is 37.2 Å². The van der Waals surface area contributed by atoms with Crippen LogP contribution in [-0.4, -0.2) is 31.6 Å². The first-order chi connectivity index (χ1) is 8.26. The molecule has 1 atom stereocenters. The van der Waals surface area contributed by atoms with E-state index in [1.807, 2.05) is 12.1 Å². The van der Waals surface area contributed by atoms with E-state index >= 15 is 0 Å². The lowest BCUT2D eigenvalue weighted by atomic mass is 10.0. The number of hydrogen-bond acceptors (Lipinski definition) is 3. The topological polar surface area (TPSA) is 38.5 Å². The third-order valence-electron chi connectivity index (χ3n) is 3.06. The smallest absolute Gasteiger partial charge is 0.119 e. The predicted molar refractivity (Wildman–Crippen MR) is 72.3 cm³/mol. The van der Waals surface area contributed by atoms with Crippen LogP contribution in [0.4, 0.5) is 0 Å². The Morgan fingerprint density at radius 2 is 2.12 bits per heavy atom. The van der Waals surface area contributed by atoms with Crippen molar-refractivity contribution in [1.29, 1.82) is 0 Å². The van der Waals surface area contributed by atoms with Crippen LogP contribution in [0.3, 0.4) is 0 Å². The van der Waals surface area contributed by atoms with Crippen LogP contribution in [0.15, 0.2) is 24.3 Å². The first kappa shape index (κ1) is 14.0. The van der Waals surface area contributed by atoms with Crippen LogP contribution in [0, 0.1) is 0 Å². The number of hydrogen-bond donors (Lipinski definition) is 1. The van der Waals surface area contributed by atoms with Crippen LogP contribution in [0.1, 0.15) is 31.9 Å². The zero-order chi connectivity index (χ0) is 12.7. The maximum absolute atomic E-state index is 5.92. The molecule has 0 aromatic heterocycles. The van der Waals surface area contributed by atoms with E-state index in [0.29, 0.717) is 6.54 Å². The highest BCUT2D eigenvalue weighted by atomic mass is 16.5. The van der Waals surface area contributed by atoms with Gasteiger partial charge in [-0.1, -0.05) is 26.0 Å². The Hall–Kier alpha value is -1.06. The van der Waals surface area contributed by atoms with Gasteiger partial charge in [-0.3, -0.25) is 4.90 Å². The Morgan fingerprint density at radius 3 is 2.65 bits per heavy atom. The quantitative estimate of drug-likeness (QED) is 0.790. The highest BCUT2D eigenvalue weighted by Gasteiger charge is 2.17. The van der Waals surface area contributed by atoms with Gasteiger partial charge in [0.05, 0.1) is 7.11 Å². The molecule has 0 aliphatic rings. The molecule has 0 fully saturated rings. The van der Waals surface area contributed by atoms with Gasteiger partial charge >= 0.3 is 0 Å². The summed E-state index contributed by atoms with van der Waals surface area (Å²) >= 11 is 0. The van der Waals surface area contributed by atoms with E-state index in [2.05, 4.69) is 30.9 Å². The van der Waals surface area contributed by atoms with E-state index < -0.39 is 0 Å². The van der Waals surface area contributed by atoms with Crippen LogP contribution in [0.25, 0.3) is 0 Å². The monoisotopic (exact) mass is 236 g/mol. The first-order valence-electron chi connectivity index (χ1n) is 6.34. The van der Waals surface area contributed by atoms with Crippen molar-refractivity contribution in [3.8, 4) is 5.75 Å². The Kier molecular flexibility index (Phi) is 6.01. The molecule has 0 aliphatic carbocycles. The highest BCUT2D eigenvalue weighted by molar-refractivity contribution is 5.30. The number of likely N-dealkylation sites (N-methyl/N-ethyl adjacent to an activating group) is 1. The van der Waals surface area contributed by atoms with Gasteiger partial charge in [0, 0.05) is 12.6 Å². The predicted octanol–water partition coefficient (Wildman–Crippen LogP) is 2.43. The number of methoxy groups -OCH3 is 1. The van der Waals surface area contributed by atoms with Crippen molar-refractivity contribution in [2.45, 2.75) is 26.3 Å². The lowest BCUT2D eigenvalue weighted by Crippen LogP contribution is -2.34. The largest absolute Gasteiger partial charge is 0.497 e. The fourth-order valence-corrected chi connectivity index (χ4v) is 2.17. The normalized spacial score (nSPS) is 12.8. The van der Waals surface area contributed by atoms with E-state index in [9.17, 15) is 0 Å². The molecule has 0 spiro atoms. The zero-order valence-electron chi connectivity index (χ0n) is 11.1. The van der Waals surface area contributed by atoms with Crippen LogP contribution >= 0.6 is 0 Å². The molecule has 3 nitrogen and oxygen atoms in total. The highest BCUT2D eigenvalue weighted by Crippen LogP contribution is 2.23. The number of ether oxygens (including phenoxy) is 1. The van der Waals surface area contributed by atoms with E-state index in [-0.39, 0.29) is 6.04 Å². The van der Waals surface area contributed by atoms with Gasteiger partial charge in [0.1, 0.15) is 5.75 Å². The average Bonchev–Trinajstić information content (AvgIpc) is 2.38. The zero-order valence-corrected chi connectivity index (χ0v) is 11.1. The summed E-state index contributed by atoms with van der Waals surface area (Å²) in [5.41, 5.74) is 7.16.